The maximum Gasteiger partial charge on any atom is 0.341 e. The number of aromatic carboxylic acids is 1. The van der Waals surface area contributed by atoms with E-state index in [0.717, 1.165) is 64.6 Å². The summed E-state index contributed by atoms with van der Waals surface area (Å²) in [5.74, 6) is -0.717. The molecule has 1 aliphatic carbocycles. The number of alkyl halides is 1. The highest BCUT2D eigenvalue weighted by atomic mass is 35.5. The number of pyridine rings is 1. The number of halogens is 2. The Morgan fingerprint density at radius 2 is 1.89 bits per heavy atom. The highest BCUT2D eigenvalue weighted by molar-refractivity contribution is 7.99. The van der Waals surface area contributed by atoms with Crippen LogP contribution in [0.4, 0.5) is 10.1 Å². The number of nitrogens with one attached hydrogen (secondary N) is 2. The molecule has 6 N–H and O–H groups in total. The predicted octanol–water partition coefficient (Wildman–Crippen LogP) is 2.76. The van der Waals surface area contributed by atoms with Gasteiger partial charge in [-0.1, -0.05) is 13.3 Å². The number of aliphatic hydroxyl groups is 3. The zero-order valence-corrected chi connectivity index (χ0v) is 34.3. The smallest absolute Gasteiger partial charge is 0.341 e. The molecule has 5 fully saturated rings. The SMILES string of the molecule is CCC[C@@H]1C[C@@H](C(=O)N[C@@H]([C@H]2O[C@H](SC)[C@H](O)[C@@H](O)[C@H]2O)[C@H](C)Cl)N(C)C1.COc1c(N2C[C@@H]3CCCN[C@@H]3C2)c(F)cc2c(=O)c(C(=O)O)cn(C3CC3)c12. The maximum atomic E-state index is 15.3. The van der Waals surface area contributed by atoms with Gasteiger partial charge < -0.3 is 50.0 Å². The maximum absolute atomic E-state index is 15.3. The number of thioether (sulfide) groups is 1. The number of hydrogen-bond acceptors (Lipinski definition) is 12. The molecule has 14 nitrogen and oxygen atoms in total. The number of carbonyl (C=O) groups excluding carboxylic acids is 1. The lowest BCUT2D eigenvalue weighted by atomic mass is 9.92. The van der Waals surface area contributed by atoms with Crippen molar-refractivity contribution in [2.75, 3.05) is 51.5 Å². The van der Waals surface area contributed by atoms with Gasteiger partial charge >= 0.3 is 5.97 Å². The summed E-state index contributed by atoms with van der Waals surface area (Å²) in [6, 6.07) is 0.683. The molecule has 4 aliphatic heterocycles. The number of carboxylic acid groups (broad SMARTS) is 1. The molecule has 0 spiro atoms. The molecule has 4 saturated heterocycles. The zero-order chi connectivity index (χ0) is 40.6. The average Bonchev–Trinajstić information content (AvgIpc) is 3.82. The van der Waals surface area contributed by atoms with Crippen LogP contribution in [-0.4, -0.2) is 142 Å². The molecular formula is C39H57ClFN5O9S. The molecule has 1 aromatic carbocycles. The van der Waals surface area contributed by atoms with Gasteiger partial charge in [0.1, 0.15) is 41.1 Å². The molecule has 0 radical (unpaired) electrons. The van der Waals surface area contributed by atoms with Crippen molar-refractivity contribution in [2.45, 2.75) is 118 Å². The van der Waals surface area contributed by atoms with Gasteiger partial charge in [0, 0.05) is 37.9 Å². The lowest BCUT2D eigenvalue weighted by Gasteiger charge is -2.44. The molecule has 1 amide bonds. The van der Waals surface area contributed by atoms with Gasteiger partial charge in [-0.2, -0.15) is 0 Å². The van der Waals surface area contributed by atoms with Crippen LogP contribution in [0.25, 0.3) is 10.9 Å². The number of carboxylic acids is 1. The quantitative estimate of drug-likeness (QED) is 0.182. The second-order valence-electron chi connectivity index (χ2n) is 16.1. The number of piperidine rings is 1. The van der Waals surface area contributed by atoms with Crippen LogP contribution in [0.5, 0.6) is 5.75 Å². The van der Waals surface area contributed by atoms with E-state index in [1.807, 2.05) is 16.8 Å². The van der Waals surface area contributed by atoms with Crippen molar-refractivity contribution < 1.29 is 43.9 Å². The lowest BCUT2D eigenvalue weighted by Crippen LogP contribution is -2.65. The molecule has 5 heterocycles. The highest BCUT2D eigenvalue weighted by Gasteiger charge is 2.48. The Balaban J connectivity index is 0.000000191. The molecule has 1 aromatic heterocycles. The summed E-state index contributed by atoms with van der Waals surface area (Å²) in [6.07, 6.45) is 5.31. The summed E-state index contributed by atoms with van der Waals surface area (Å²) in [5, 5.41) is 46.0. The first-order valence-corrected chi connectivity index (χ1v) is 21.5. The molecular weight excluding hydrogens is 769 g/mol. The van der Waals surface area contributed by atoms with E-state index in [-0.39, 0.29) is 28.9 Å². The fourth-order valence-corrected chi connectivity index (χ4v) is 9.95. The van der Waals surface area contributed by atoms with Crippen LogP contribution in [0.3, 0.4) is 0 Å². The topological polar surface area (TPSA) is 186 Å². The number of aromatic nitrogens is 1. The Morgan fingerprint density at radius 1 is 1.16 bits per heavy atom. The van der Waals surface area contributed by atoms with Crippen LogP contribution in [0.15, 0.2) is 17.1 Å². The molecule has 11 atom stereocenters. The van der Waals surface area contributed by atoms with E-state index in [9.17, 15) is 34.8 Å². The third-order valence-corrected chi connectivity index (χ3v) is 13.2. The number of ether oxygens (including phenoxy) is 2. The van der Waals surface area contributed by atoms with E-state index in [2.05, 4.69) is 17.6 Å². The van der Waals surface area contributed by atoms with Crippen LogP contribution in [-0.2, 0) is 9.53 Å². The van der Waals surface area contributed by atoms with E-state index in [1.54, 1.807) is 17.7 Å². The summed E-state index contributed by atoms with van der Waals surface area (Å²) >= 11 is 7.55. The minimum absolute atomic E-state index is 0.0599. The fourth-order valence-electron chi connectivity index (χ4n) is 9.07. The van der Waals surface area contributed by atoms with Crippen LogP contribution in [0, 0.1) is 17.7 Å². The van der Waals surface area contributed by atoms with Gasteiger partial charge in [0.05, 0.1) is 35.5 Å². The summed E-state index contributed by atoms with van der Waals surface area (Å²) in [5.41, 5.74) is -0.858. The second kappa shape index (κ2) is 18.1. The molecule has 7 rings (SSSR count). The predicted molar refractivity (Wildman–Crippen MR) is 214 cm³/mol. The Bertz CT molecular complexity index is 1790. The number of fused-ring (bicyclic) bond motifs is 2. The molecule has 56 heavy (non-hydrogen) atoms. The molecule has 5 aliphatic rings. The second-order valence-corrected chi connectivity index (χ2v) is 17.7. The van der Waals surface area contributed by atoms with E-state index < -0.39 is 58.5 Å². The van der Waals surface area contributed by atoms with Crippen LogP contribution < -0.4 is 25.7 Å². The molecule has 312 valence electrons. The first kappa shape index (κ1) is 42.9. The molecule has 17 heteroatoms. The number of rotatable bonds is 11. The first-order chi connectivity index (χ1) is 26.7. The number of hydrogen-bond donors (Lipinski definition) is 6. The van der Waals surface area contributed by atoms with E-state index in [1.165, 1.54) is 31.1 Å². The van der Waals surface area contributed by atoms with E-state index in [4.69, 9.17) is 21.1 Å². The van der Waals surface area contributed by atoms with Crippen molar-refractivity contribution in [1.29, 1.82) is 0 Å². The normalized spacial score (nSPS) is 31.7. The van der Waals surface area contributed by atoms with Crippen molar-refractivity contribution in [1.82, 2.24) is 20.1 Å². The number of aliphatic hydroxyl groups excluding tert-OH is 3. The largest absolute Gasteiger partial charge is 0.492 e. The van der Waals surface area contributed by atoms with Gasteiger partial charge in [-0.15, -0.1) is 23.4 Å². The zero-order valence-electron chi connectivity index (χ0n) is 32.7. The number of likely N-dealkylation sites (N-methyl/N-ethyl adjacent to an activating group) is 1. The van der Waals surface area contributed by atoms with Gasteiger partial charge in [0.2, 0.25) is 11.3 Å². The highest BCUT2D eigenvalue weighted by Crippen LogP contribution is 2.45. The Kier molecular flexibility index (Phi) is 13.8. The van der Waals surface area contributed by atoms with E-state index >= 15 is 4.39 Å². The van der Waals surface area contributed by atoms with Crippen molar-refractivity contribution in [3.05, 3.63) is 33.9 Å². The molecule has 0 bridgehead atoms. The van der Waals surface area contributed by atoms with Crippen molar-refractivity contribution in [2.24, 2.45) is 11.8 Å². The van der Waals surface area contributed by atoms with Gasteiger partial charge in [-0.3, -0.25) is 14.5 Å². The summed E-state index contributed by atoms with van der Waals surface area (Å²) in [4.78, 5) is 41.3. The molecule has 1 saturated carbocycles. The summed E-state index contributed by atoms with van der Waals surface area (Å²) in [6.45, 7) is 7.14. The Morgan fingerprint density at radius 3 is 2.50 bits per heavy atom. The van der Waals surface area contributed by atoms with Crippen LogP contribution in [0.2, 0.25) is 0 Å². The first-order valence-electron chi connectivity index (χ1n) is 19.7. The number of nitrogens with zero attached hydrogens (tertiary/aromatic N) is 3. The van der Waals surface area contributed by atoms with Gasteiger partial charge in [-0.25, -0.2) is 9.18 Å². The molecule has 0 unspecified atom stereocenters. The summed E-state index contributed by atoms with van der Waals surface area (Å²) < 4.78 is 28.6. The van der Waals surface area contributed by atoms with Gasteiger partial charge in [0.25, 0.3) is 0 Å². The van der Waals surface area contributed by atoms with Crippen LogP contribution >= 0.6 is 23.4 Å². The fraction of sp³-hybridized carbons (Fsp3) is 0.718. The number of amides is 1. The third kappa shape index (κ3) is 8.68. The number of methoxy groups -OCH3 is 1. The van der Waals surface area contributed by atoms with Crippen LogP contribution in [0.1, 0.15) is 75.2 Å². The minimum atomic E-state index is -1.36. The number of benzene rings is 1. The Hall–Kier alpha value is -2.70. The standard InChI is InChI=1S/C21H24FN3O4.C18H33ClN2O5S/c1-29-20-17-13(19(26)14(21(27)28)9-25(17)12-4-5-12)7-15(22)18(20)24-8-11-3-2-6-23-16(11)10-24;1-5-6-10-7-11(21(3)8-10)17(25)20-12(9(2)19)16-14(23)13(22)15(24)18(26-16)27-4/h7,9,11-12,16,23H,2-6,8,10H2,1H3,(H,27,28);9-16,18,22-24H,5-8H2,1-4H3,(H,20,25)/t11-,16+;9-,10+,11-,12+,13-,14+,15+,16+,18+/m00/s1. The van der Waals surface area contributed by atoms with Gasteiger partial charge in [-0.05, 0) is 83.2 Å². The van der Waals surface area contributed by atoms with E-state index in [0.29, 0.717) is 41.4 Å². The number of carbonyl (C=O) groups is 2. The number of likely N-dealkylation sites (tertiary alicyclic amines) is 1. The van der Waals surface area contributed by atoms with Gasteiger partial charge in [0.15, 0.2) is 11.6 Å². The van der Waals surface area contributed by atoms with Crippen molar-refractivity contribution in [3.63, 3.8) is 0 Å². The monoisotopic (exact) mass is 825 g/mol. The number of anilines is 1. The lowest BCUT2D eigenvalue weighted by molar-refractivity contribution is -0.205. The van der Waals surface area contributed by atoms with Crippen molar-refractivity contribution >= 4 is 51.8 Å². The Labute approximate surface area is 336 Å². The average molecular weight is 826 g/mol. The third-order valence-electron chi connectivity index (χ3n) is 12.1. The summed E-state index contributed by atoms with van der Waals surface area (Å²) in [7, 11) is 3.42. The van der Waals surface area contributed by atoms with Crippen molar-refractivity contribution in [3.8, 4) is 5.75 Å². The molecule has 2 aromatic rings. The minimum Gasteiger partial charge on any atom is -0.492 e.